The van der Waals surface area contributed by atoms with Gasteiger partial charge in [0.2, 0.25) is 5.76 Å². The molecule has 1 aromatic heterocycles. The lowest BCUT2D eigenvalue weighted by atomic mass is 10.2. The maximum atomic E-state index is 12.2. The topological polar surface area (TPSA) is 83.6 Å². The van der Waals surface area contributed by atoms with Crippen molar-refractivity contribution in [2.75, 3.05) is 5.75 Å². The maximum absolute atomic E-state index is 12.2. The summed E-state index contributed by atoms with van der Waals surface area (Å²) in [7, 11) is 0. The summed E-state index contributed by atoms with van der Waals surface area (Å²) in [5.41, 5.74) is 0. The standard InChI is InChI=1S/C11H14N2O4S/c1-2-3-9-13(7(6-18-9)11(15)16)10(14)8-4-5-12-17-8/h4-5,7,9H,2-3,6H2,1H3,(H,15,16). The van der Waals surface area contributed by atoms with Gasteiger partial charge in [-0.15, -0.1) is 11.8 Å². The van der Waals surface area contributed by atoms with E-state index in [1.807, 2.05) is 6.92 Å². The zero-order valence-corrected chi connectivity index (χ0v) is 10.7. The Morgan fingerprint density at radius 3 is 3.00 bits per heavy atom. The monoisotopic (exact) mass is 270 g/mol. The van der Waals surface area contributed by atoms with E-state index in [2.05, 4.69) is 5.16 Å². The molecule has 1 aliphatic heterocycles. The highest BCUT2D eigenvalue weighted by atomic mass is 32.2. The summed E-state index contributed by atoms with van der Waals surface area (Å²) in [6.07, 6.45) is 3.04. The van der Waals surface area contributed by atoms with Crippen molar-refractivity contribution in [3.05, 3.63) is 18.0 Å². The molecule has 98 valence electrons. The third kappa shape index (κ3) is 2.35. The number of hydrogen-bond acceptors (Lipinski definition) is 5. The molecule has 0 bridgehead atoms. The molecule has 1 amide bonds. The van der Waals surface area contributed by atoms with Gasteiger partial charge in [-0.1, -0.05) is 18.5 Å². The fourth-order valence-electron chi connectivity index (χ4n) is 1.95. The van der Waals surface area contributed by atoms with E-state index < -0.39 is 17.9 Å². The Labute approximate surface area is 108 Å². The van der Waals surface area contributed by atoms with Crippen molar-refractivity contribution in [1.29, 1.82) is 0 Å². The Hall–Kier alpha value is -1.50. The van der Waals surface area contributed by atoms with Gasteiger partial charge >= 0.3 is 5.97 Å². The van der Waals surface area contributed by atoms with E-state index in [4.69, 9.17) is 9.63 Å². The third-order valence-electron chi connectivity index (χ3n) is 2.80. The van der Waals surface area contributed by atoms with Gasteiger partial charge in [-0.3, -0.25) is 4.79 Å². The molecule has 2 unspecified atom stereocenters. The first-order chi connectivity index (χ1) is 8.65. The number of aromatic nitrogens is 1. The van der Waals surface area contributed by atoms with E-state index in [0.29, 0.717) is 5.75 Å². The Morgan fingerprint density at radius 1 is 1.67 bits per heavy atom. The van der Waals surface area contributed by atoms with Crippen molar-refractivity contribution in [2.24, 2.45) is 0 Å². The smallest absolute Gasteiger partial charge is 0.327 e. The maximum Gasteiger partial charge on any atom is 0.327 e. The molecule has 0 spiro atoms. The predicted molar refractivity (Wildman–Crippen MR) is 65.3 cm³/mol. The zero-order chi connectivity index (χ0) is 13.1. The number of carboxylic acids is 1. The molecular weight excluding hydrogens is 256 g/mol. The van der Waals surface area contributed by atoms with Crippen molar-refractivity contribution >= 4 is 23.6 Å². The number of rotatable bonds is 4. The van der Waals surface area contributed by atoms with Crippen molar-refractivity contribution in [3.63, 3.8) is 0 Å². The largest absolute Gasteiger partial charge is 0.480 e. The lowest BCUT2D eigenvalue weighted by molar-refractivity contribution is -0.141. The lowest BCUT2D eigenvalue weighted by Gasteiger charge is -2.25. The molecular formula is C11H14N2O4S. The number of hydrogen-bond donors (Lipinski definition) is 1. The van der Waals surface area contributed by atoms with Crippen LogP contribution in [-0.2, 0) is 4.79 Å². The van der Waals surface area contributed by atoms with Crippen molar-refractivity contribution in [1.82, 2.24) is 10.1 Å². The van der Waals surface area contributed by atoms with E-state index in [9.17, 15) is 9.59 Å². The minimum atomic E-state index is -0.978. The van der Waals surface area contributed by atoms with E-state index in [-0.39, 0.29) is 11.1 Å². The number of carbonyl (C=O) groups excluding carboxylic acids is 1. The number of amides is 1. The van der Waals surface area contributed by atoms with Crippen LogP contribution in [0.2, 0.25) is 0 Å². The van der Waals surface area contributed by atoms with Gasteiger partial charge in [0.25, 0.3) is 5.91 Å². The molecule has 7 heteroatoms. The summed E-state index contributed by atoms with van der Waals surface area (Å²) < 4.78 is 4.82. The minimum Gasteiger partial charge on any atom is -0.480 e. The summed E-state index contributed by atoms with van der Waals surface area (Å²) in [5, 5.41) is 12.5. The zero-order valence-electron chi connectivity index (χ0n) is 9.91. The van der Waals surface area contributed by atoms with Gasteiger partial charge in [0, 0.05) is 11.8 Å². The second-order valence-electron chi connectivity index (χ2n) is 4.02. The van der Waals surface area contributed by atoms with Crippen molar-refractivity contribution in [3.8, 4) is 0 Å². The normalized spacial score (nSPS) is 23.3. The van der Waals surface area contributed by atoms with Gasteiger partial charge in [-0.05, 0) is 6.42 Å². The minimum absolute atomic E-state index is 0.0878. The molecule has 2 rings (SSSR count). The predicted octanol–water partition coefficient (Wildman–Crippen LogP) is 1.44. The van der Waals surface area contributed by atoms with Crippen LogP contribution in [0.4, 0.5) is 0 Å². The summed E-state index contributed by atoms with van der Waals surface area (Å²) in [4.78, 5) is 24.8. The van der Waals surface area contributed by atoms with Crippen LogP contribution in [0, 0.1) is 0 Å². The first-order valence-electron chi connectivity index (χ1n) is 5.73. The number of thioether (sulfide) groups is 1. The van der Waals surface area contributed by atoms with Crippen LogP contribution in [0.5, 0.6) is 0 Å². The first-order valence-corrected chi connectivity index (χ1v) is 6.77. The summed E-state index contributed by atoms with van der Waals surface area (Å²) in [6.45, 7) is 2.01. The molecule has 1 aliphatic rings. The molecule has 0 saturated carbocycles. The van der Waals surface area contributed by atoms with Gasteiger partial charge in [-0.25, -0.2) is 4.79 Å². The van der Waals surface area contributed by atoms with Crippen LogP contribution in [0.15, 0.2) is 16.8 Å². The van der Waals surface area contributed by atoms with Crippen molar-refractivity contribution < 1.29 is 19.2 Å². The molecule has 2 atom stereocenters. The summed E-state index contributed by atoms with van der Waals surface area (Å²) >= 11 is 1.50. The lowest BCUT2D eigenvalue weighted by Crippen LogP contribution is -2.45. The van der Waals surface area contributed by atoms with E-state index in [0.717, 1.165) is 12.8 Å². The quantitative estimate of drug-likeness (QED) is 0.891. The first kappa shape index (κ1) is 12.9. The molecule has 0 aliphatic carbocycles. The number of aliphatic carboxylic acids is 1. The highest BCUT2D eigenvalue weighted by molar-refractivity contribution is 8.00. The van der Waals surface area contributed by atoms with E-state index in [1.54, 1.807) is 0 Å². The SMILES string of the molecule is CCCC1SCC(C(=O)O)N1C(=O)c1ccno1. The molecule has 1 saturated heterocycles. The third-order valence-corrected chi connectivity index (χ3v) is 4.15. The van der Waals surface area contributed by atoms with Crippen LogP contribution in [-0.4, -0.2) is 44.2 Å². The fourth-order valence-corrected chi connectivity index (χ4v) is 3.46. The molecule has 2 heterocycles. The van der Waals surface area contributed by atoms with Crippen LogP contribution < -0.4 is 0 Å². The Balaban J connectivity index is 2.23. The Kier molecular flexibility index (Phi) is 3.90. The van der Waals surface area contributed by atoms with Gasteiger partial charge in [-0.2, -0.15) is 0 Å². The molecule has 0 aromatic carbocycles. The summed E-state index contributed by atoms with van der Waals surface area (Å²) in [6, 6.07) is 0.664. The fraction of sp³-hybridized carbons (Fsp3) is 0.545. The van der Waals surface area contributed by atoms with Crippen molar-refractivity contribution in [2.45, 2.75) is 31.2 Å². The average molecular weight is 270 g/mol. The van der Waals surface area contributed by atoms with E-state index in [1.165, 1.54) is 28.9 Å². The average Bonchev–Trinajstić information content (AvgIpc) is 2.97. The Morgan fingerprint density at radius 2 is 2.44 bits per heavy atom. The molecule has 18 heavy (non-hydrogen) atoms. The van der Waals surface area contributed by atoms with Crippen LogP contribution >= 0.6 is 11.8 Å². The van der Waals surface area contributed by atoms with Gasteiger partial charge in [0.1, 0.15) is 6.04 Å². The van der Waals surface area contributed by atoms with Crippen LogP contribution in [0.1, 0.15) is 30.3 Å². The number of carbonyl (C=O) groups is 2. The van der Waals surface area contributed by atoms with Crippen LogP contribution in [0.3, 0.4) is 0 Å². The molecule has 1 fully saturated rings. The highest BCUT2D eigenvalue weighted by Crippen LogP contribution is 2.33. The van der Waals surface area contributed by atoms with Gasteiger partial charge in [0.05, 0.1) is 11.6 Å². The van der Waals surface area contributed by atoms with Crippen LogP contribution in [0.25, 0.3) is 0 Å². The highest BCUT2D eigenvalue weighted by Gasteiger charge is 2.42. The molecule has 1 N–H and O–H groups in total. The second-order valence-corrected chi connectivity index (χ2v) is 5.23. The molecule has 1 aromatic rings. The molecule has 0 radical (unpaired) electrons. The number of carboxylic acid groups (broad SMARTS) is 1. The van der Waals surface area contributed by atoms with E-state index >= 15 is 0 Å². The van der Waals surface area contributed by atoms with Gasteiger partial charge < -0.3 is 14.5 Å². The Bertz CT molecular complexity index is 434. The van der Waals surface area contributed by atoms with Gasteiger partial charge in [0.15, 0.2) is 0 Å². The number of nitrogens with zero attached hydrogens (tertiary/aromatic N) is 2. The molecule has 6 nitrogen and oxygen atoms in total. The summed E-state index contributed by atoms with van der Waals surface area (Å²) in [5.74, 6) is -0.873. The second kappa shape index (κ2) is 5.43.